The van der Waals surface area contributed by atoms with Crippen LogP contribution >= 0.6 is 15.9 Å². The minimum absolute atomic E-state index is 0.252. The molecule has 3 heteroatoms. The Hall–Kier alpha value is -0.410. The Labute approximate surface area is 91.1 Å². The molecule has 0 amide bonds. The highest BCUT2D eigenvalue weighted by Crippen LogP contribution is 2.48. The van der Waals surface area contributed by atoms with Crippen LogP contribution in [0.4, 0.5) is 4.39 Å². The van der Waals surface area contributed by atoms with E-state index in [0.717, 1.165) is 28.4 Å². The minimum atomic E-state index is -0.763. The van der Waals surface area contributed by atoms with Gasteiger partial charge in [-0.05, 0) is 49.4 Å². The fourth-order valence-electron chi connectivity index (χ4n) is 1.72. The first-order valence-corrected chi connectivity index (χ1v) is 5.43. The molecular weight excluding hydrogens is 247 g/mol. The Bertz CT molecular complexity index is 397. The summed E-state index contributed by atoms with van der Waals surface area (Å²) in [6.45, 7) is 3.63. The summed E-state index contributed by atoms with van der Waals surface area (Å²) in [5, 5.41) is 9.93. The summed E-state index contributed by atoms with van der Waals surface area (Å²) in [5.74, 6) is -0.252. The van der Waals surface area contributed by atoms with Crippen molar-refractivity contribution in [3.05, 3.63) is 33.0 Å². The van der Waals surface area contributed by atoms with Crippen molar-refractivity contribution in [1.29, 1.82) is 0 Å². The lowest BCUT2D eigenvalue weighted by molar-refractivity contribution is 0.150. The number of halogens is 2. The van der Waals surface area contributed by atoms with Gasteiger partial charge in [0.2, 0.25) is 0 Å². The summed E-state index contributed by atoms with van der Waals surface area (Å²) >= 11 is 3.35. The molecule has 1 aliphatic carbocycles. The lowest BCUT2D eigenvalue weighted by Gasteiger charge is -2.15. The van der Waals surface area contributed by atoms with E-state index in [2.05, 4.69) is 15.9 Å². The van der Waals surface area contributed by atoms with E-state index in [1.165, 1.54) is 6.07 Å². The number of benzene rings is 1. The Kier molecular flexibility index (Phi) is 2.20. The molecular formula is C11H12BrFO. The van der Waals surface area contributed by atoms with Crippen molar-refractivity contribution in [2.24, 2.45) is 0 Å². The van der Waals surface area contributed by atoms with E-state index < -0.39 is 5.60 Å². The van der Waals surface area contributed by atoms with E-state index in [0.29, 0.717) is 5.56 Å². The molecule has 14 heavy (non-hydrogen) atoms. The summed E-state index contributed by atoms with van der Waals surface area (Å²) < 4.78 is 14.2. The molecule has 0 radical (unpaired) electrons. The fraction of sp³-hybridized carbons (Fsp3) is 0.455. The van der Waals surface area contributed by atoms with E-state index in [9.17, 15) is 9.50 Å². The van der Waals surface area contributed by atoms with Crippen molar-refractivity contribution in [1.82, 2.24) is 0 Å². The Balaban J connectivity index is 2.62. The molecule has 0 heterocycles. The van der Waals surface area contributed by atoms with Gasteiger partial charge in [-0.1, -0.05) is 15.9 Å². The molecule has 2 rings (SSSR count). The monoisotopic (exact) mass is 258 g/mol. The van der Waals surface area contributed by atoms with Gasteiger partial charge in [0.25, 0.3) is 0 Å². The van der Waals surface area contributed by atoms with Crippen LogP contribution in [0.1, 0.15) is 29.5 Å². The second kappa shape index (κ2) is 3.04. The van der Waals surface area contributed by atoms with Gasteiger partial charge in [-0.15, -0.1) is 0 Å². The summed E-state index contributed by atoms with van der Waals surface area (Å²) in [6, 6.07) is 1.46. The lowest BCUT2D eigenvalue weighted by Crippen LogP contribution is -2.08. The molecule has 0 saturated heterocycles. The zero-order valence-electron chi connectivity index (χ0n) is 8.19. The molecule has 1 nitrogen and oxygen atoms in total. The molecule has 0 aliphatic heterocycles. The predicted molar refractivity (Wildman–Crippen MR) is 56.7 cm³/mol. The second-order valence-electron chi connectivity index (χ2n) is 4.00. The molecule has 0 aromatic heterocycles. The van der Waals surface area contributed by atoms with Crippen molar-refractivity contribution in [2.75, 3.05) is 0 Å². The zero-order chi connectivity index (χ0) is 10.5. The molecule has 1 saturated carbocycles. The van der Waals surface area contributed by atoms with Gasteiger partial charge in [-0.25, -0.2) is 4.39 Å². The van der Waals surface area contributed by atoms with Crippen LogP contribution in [0.25, 0.3) is 0 Å². The van der Waals surface area contributed by atoms with Crippen molar-refractivity contribution < 1.29 is 9.50 Å². The van der Waals surface area contributed by atoms with Crippen molar-refractivity contribution in [3.63, 3.8) is 0 Å². The maximum Gasteiger partial charge on any atom is 0.127 e. The molecule has 0 unspecified atom stereocenters. The molecule has 0 bridgehead atoms. The topological polar surface area (TPSA) is 20.2 Å². The van der Waals surface area contributed by atoms with Gasteiger partial charge in [0.1, 0.15) is 5.82 Å². The van der Waals surface area contributed by atoms with E-state index in [-0.39, 0.29) is 5.82 Å². The fourth-order valence-corrected chi connectivity index (χ4v) is 2.12. The first-order valence-electron chi connectivity index (χ1n) is 4.64. The summed E-state index contributed by atoms with van der Waals surface area (Å²) in [7, 11) is 0. The summed E-state index contributed by atoms with van der Waals surface area (Å²) in [5.41, 5.74) is 1.52. The second-order valence-corrected chi connectivity index (χ2v) is 4.79. The number of hydrogen-bond donors (Lipinski definition) is 1. The lowest BCUT2D eigenvalue weighted by atomic mass is 9.99. The third-order valence-electron chi connectivity index (χ3n) is 2.92. The van der Waals surface area contributed by atoms with Crippen molar-refractivity contribution in [3.8, 4) is 0 Å². The summed E-state index contributed by atoms with van der Waals surface area (Å²) in [6.07, 6.45) is 1.48. The number of rotatable bonds is 1. The van der Waals surface area contributed by atoms with E-state index in [1.807, 2.05) is 6.92 Å². The van der Waals surface area contributed by atoms with Crippen LogP contribution in [-0.2, 0) is 5.60 Å². The quantitative estimate of drug-likeness (QED) is 0.821. The standard InChI is InChI=1S/C11H12BrFO/c1-6-8(11(14)3-4-11)5-9(13)7(2)10(6)12/h5,14H,3-4H2,1-2H3. The zero-order valence-corrected chi connectivity index (χ0v) is 9.78. The number of aliphatic hydroxyl groups is 1. The minimum Gasteiger partial charge on any atom is -0.385 e. The van der Waals surface area contributed by atoms with Crippen LogP contribution in [0.2, 0.25) is 0 Å². The average Bonchev–Trinajstić information content (AvgIpc) is 2.87. The third kappa shape index (κ3) is 1.39. The van der Waals surface area contributed by atoms with Crippen LogP contribution in [-0.4, -0.2) is 5.11 Å². The third-order valence-corrected chi connectivity index (χ3v) is 4.11. The van der Waals surface area contributed by atoms with Gasteiger partial charge in [0.15, 0.2) is 0 Å². The molecule has 1 aromatic rings. The smallest absolute Gasteiger partial charge is 0.127 e. The Morgan fingerprint density at radius 2 is 1.93 bits per heavy atom. The first kappa shape index (κ1) is 10.1. The van der Waals surface area contributed by atoms with E-state index in [4.69, 9.17) is 0 Å². The highest BCUT2D eigenvalue weighted by molar-refractivity contribution is 9.10. The van der Waals surface area contributed by atoms with Crippen LogP contribution in [0.5, 0.6) is 0 Å². The highest BCUT2D eigenvalue weighted by atomic mass is 79.9. The molecule has 1 aliphatic rings. The molecule has 1 N–H and O–H groups in total. The average molecular weight is 259 g/mol. The van der Waals surface area contributed by atoms with Gasteiger partial charge in [0, 0.05) is 4.47 Å². The van der Waals surface area contributed by atoms with Gasteiger partial charge in [0.05, 0.1) is 5.60 Å². The van der Waals surface area contributed by atoms with Gasteiger partial charge in [-0.2, -0.15) is 0 Å². The van der Waals surface area contributed by atoms with E-state index in [1.54, 1.807) is 6.92 Å². The predicted octanol–water partition coefficient (Wildman–Crippen LogP) is 3.19. The van der Waals surface area contributed by atoms with Crippen LogP contribution in [0.3, 0.4) is 0 Å². The largest absolute Gasteiger partial charge is 0.385 e. The van der Waals surface area contributed by atoms with Crippen LogP contribution in [0, 0.1) is 19.7 Å². The van der Waals surface area contributed by atoms with Crippen molar-refractivity contribution >= 4 is 15.9 Å². The van der Waals surface area contributed by atoms with Crippen LogP contribution < -0.4 is 0 Å². The SMILES string of the molecule is Cc1c(F)cc(C2(O)CC2)c(C)c1Br. The Morgan fingerprint density at radius 3 is 2.43 bits per heavy atom. The number of hydrogen-bond acceptors (Lipinski definition) is 1. The maximum atomic E-state index is 13.4. The van der Waals surface area contributed by atoms with Crippen LogP contribution in [0.15, 0.2) is 10.5 Å². The van der Waals surface area contributed by atoms with Gasteiger partial charge >= 0.3 is 0 Å². The van der Waals surface area contributed by atoms with E-state index >= 15 is 0 Å². The molecule has 1 aromatic carbocycles. The maximum absolute atomic E-state index is 13.4. The van der Waals surface area contributed by atoms with Gasteiger partial charge in [-0.3, -0.25) is 0 Å². The first-order chi connectivity index (χ1) is 6.46. The molecule has 0 atom stereocenters. The summed E-state index contributed by atoms with van der Waals surface area (Å²) in [4.78, 5) is 0. The molecule has 1 fully saturated rings. The molecule has 0 spiro atoms. The molecule has 76 valence electrons. The highest BCUT2D eigenvalue weighted by Gasteiger charge is 2.43. The van der Waals surface area contributed by atoms with Gasteiger partial charge < -0.3 is 5.11 Å². The normalized spacial score (nSPS) is 18.4. The Morgan fingerprint density at radius 1 is 1.36 bits per heavy atom. The van der Waals surface area contributed by atoms with Crippen molar-refractivity contribution in [2.45, 2.75) is 32.3 Å².